The van der Waals surface area contributed by atoms with Crippen molar-refractivity contribution in [1.29, 1.82) is 0 Å². The summed E-state index contributed by atoms with van der Waals surface area (Å²) < 4.78 is 10.1. The topological polar surface area (TPSA) is 76.8 Å². The lowest BCUT2D eigenvalue weighted by Crippen LogP contribution is -2.51. The molecule has 0 spiro atoms. The van der Waals surface area contributed by atoms with E-state index in [0.717, 1.165) is 42.4 Å². The molecule has 0 unspecified atom stereocenters. The van der Waals surface area contributed by atoms with Gasteiger partial charge in [-0.05, 0) is 18.2 Å². The number of carbonyl (C=O) groups is 1. The lowest BCUT2D eigenvalue weighted by Gasteiger charge is -2.39. The largest absolute Gasteiger partial charge is 0.338 e. The minimum Gasteiger partial charge on any atom is -0.338 e. The van der Waals surface area contributed by atoms with Crippen molar-refractivity contribution in [3.63, 3.8) is 0 Å². The SMILES string of the molecule is O=C(c1ccc2nsnc2c1)N1CC(Cn2ccnn2)C1. The Bertz CT molecular complexity index is 777. The number of nitrogens with zero attached hydrogens (tertiary/aromatic N) is 6. The number of benzene rings is 1. The molecule has 3 heterocycles. The normalized spacial score (nSPS) is 15.3. The predicted octanol–water partition coefficient (Wildman–Crippen LogP) is 1.05. The summed E-state index contributed by atoms with van der Waals surface area (Å²) in [4.78, 5) is 14.2. The van der Waals surface area contributed by atoms with Crippen LogP contribution < -0.4 is 0 Å². The maximum atomic E-state index is 12.4. The monoisotopic (exact) mass is 300 g/mol. The number of likely N-dealkylation sites (tertiary alicyclic amines) is 1. The molecule has 0 N–H and O–H groups in total. The molecular weight excluding hydrogens is 288 g/mol. The second kappa shape index (κ2) is 4.88. The minimum atomic E-state index is 0.0553. The van der Waals surface area contributed by atoms with Crippen LogP contribution in [0.15, 0.2) is 30.6 Å². The summed E-state index contributed by atoms with van der Waals surface area (Å²) in [7, 11) is 0. The van der Waals surface area contributed by atoms with Crippen molar-refractivity contribution in [2.45, 2.75) is 6.54 Å². The van der Waals surface area contributed by atoms with Crippen LogP contribution in [0.4, 0.5) is 0 Å². The Kier molecular flexibility index (Phi) is 2.88. The first-order valence-corrected chi connectivity index (χ1v) is 7.38. The van der Waals surface area contributed by atoms with Crippen molar-refractivity contribution < 1.29 is 4.79 Å². The molecule has 21 heavy (non-hydrogen) atoms. The Labute approximate surface area is 124 Å². The van der Waals surface area contributed by atoms with Gasteiger partial charge in [-0.15, -0.1) is 5.10 Å². The summed E-state index contributed by atoms with van der Waals surface area (Å²) in [5.41, 5.74) is 2.30. The molecule has 0 radical (unpaired) electrons. The van der Waals surface area contributed by atoms with Crippen LogP contribution in [-0.2, 0) is 6.54 Å². The standard InChI is InChI=1S/C13H12N6OS/c20-13(10-1-2-11-12(5-10)16-21-15-11)18-6-9(7-18)8-19-4-3-14-17-19/h1-5,9H,6-8H2. The lowest BCUT2D eigenvalue weighted by atomic mass is 9.99. The van der Waals surface area contributed by atoms with E-state index in [0.29, 0.717) is 11.5 Å². The van der Waals surface area contributed by atoms with Crippen LogP contribution in [0.2, 0.25) is 0 Å². The zero-order valence-corrected chi connectivity index (χ0v) is 11.9. The van der Waals surface area contributed by atoms with Gasteiger partial charge in [0, 0.05) is 37.3 Å². The van der Waals surface area contributed by atoms with Crippen LogP contribution in [0.25, 0.3) is 11.0 Å². The number of carbonyl (C=O) groups excluding carboxylic acids is 1. The predicted molar refractivity (Wildman–Crippen MR) is 76.8 cm³/mol. The van der Waals surface area contributed by atoms with Gasteiger partial charge in [0.05, 0.1) is 17.9 Å². The Morgan fingerprint density at radius 1 is 1.29 bits per heavy atom. The third kappa shape index (κ3) is 2.27. The van der Waals surface area contributed by atoms with Gasteiger partial charge >= 0.3 is 0 Å². The zero-order valence-electron chi connectivity index (χ0n) is 11.1. The summed E-state index contributed by atoms with van der Waals surface area (Å²) in [6.45, 7) is 2.32. The molecule has 106 valence electrons. The fourth-order valence-electron chi connectivity index (χ4n) is 2.54. The second-order valence-corrected chi connectivity index (χ2v) is 5.70. The number of hydrogen-bond acceptors (Lipinski definition) is 6. The van der Waals surface area contributed by atoms with E-state index in [-0.39, 0.29) is 5.91 Å². The minimum absolute atomic E-state index is 0.0553. The van der Waals surface area contributed by atoms with Gasteiger partial charge < -0.3 is 4.90 Å². The smallest absolute Gasteiger partial charge is 0.253 e. The molecule has 1 aromatic carbocycles. The van der Waals surface area contributed by atoms with Crippen LogP contribution in [-0.4, -0.2) is 47.6 Å². The summed E-state index contributed by atoms with van der Waals surface area (Å²) in [6.07, 6.45) is 3.51. The third-order valence-corrected chi connectivity index (χ3v) is 4.22. The van der Waals surface area contributed by atoms with Crippen LogP contribution in [0.5, 0.6) is 0 Å². The van der Waals surface area contributed by atoms with E-state index in [9.17, 15) is 4.79 Å². The number of hydrogen-bond donors (Lipinski definition) is 0. The van der Waals surface area contributed by atoms with Gasteiger partial charge in [0.25, 0.3) is 5.91 Å². The number of aromatic nitrogens is 5. The van der Waals surface area contributed by atoms with E-state index in [1.807, 2.05) is 29.3 Å². The van der Waals surface area contributed by atoms with E-state index >= 15 is 0 Å². The first-order valence-electron chi connectivity index (χ1n) is 6.65. The maximum Gasteiger partial charge on any atom is 0.253 e. The molecule has 8 heteroatoms. The number of rotatable bonds is 3. The molecule has 0 saturated carbocycles. The van der Waals surface area contributed by atoms with Gasteiger partial charge in [0.2, 0.25) is 0 Å². The van der Waals surface area contributed by atoms with Gasteiger partial charge in [0.15, 0.2) is 0 Å². The average Bonchev–Trinajstić information content (AvgIpc) is 3.11. The quantitative estimate of drug-likeness (QED) is 0.722. The summed E-state index contributed by atoms with van der Waals surface area (Å²) >= 11 is 1.16. The Morgan fingerprint density at radius 2 is 2.14 bits per heavy atom. The zero-order chi connectivity index (χ0) is 14.2. The Balaban J connectivity index is 1.42. The molecule has 1 aliphatic heterocycles. The Morgan fingerprint density at radius 3 is 2.95 bits per heavy atom. The maximum absolute atomic E-state index is 12.4. The van der Waals surface area contributed by atoms with Crippen molar-refractivity contribution in [3.05, 3.63) is 36.2 Å². The fourth-order valence-corrected chi connectivity index (χ4v) is 3.06. The van der Waals surface area contributed by atoms with E-state index in [4.69, 9.17) is 0 Å². The van der Waals surface area contributed by atoms with E-state index in [2.05, 4.69) is 19.1 Å². The highest BCUT2D eigenvalue weighted by Gasteiger charge is 2.31. The second-order valence-electron chi connectivity index (χ2n) is 5.17. The van der Waals surface area contributed by atoms with Crippen LogP contribution >= 0.6 is 11.7 Å². The van der Waals surface area contributed by atoms with Crippen molar-refractivity contribution >= 4 is 28.7 Å². The van der Waals surface area contributed by atoms with Gasteiger partial charge in [0.1, 0.15) is 11.0 Å². The van der Waals surface area contributed by atoms with Gasteiger partial charge in [-0.3, -0.25) is 9.48 Å². The Hall–Kier alpha value is -2.35. The molecule has 1 amide bonds. The van der Waals surface area contributed by atoms with Gasteiger partial charge in [-0.2, -0.15) is 8.75 Å². The van der Waals surface area contributed by atoms with Crippen molar-refractivity contribution in [3.8, 4) is 0 Å². The van der Waals surface area contributed by atoms with E-state index < -0.39 is 0 Å². The number of amides is 1. The molecule has 2 aromatic heterocycles. The highest BCUT2D eigenvalue weighted by Crippen LogP contribution is 2.21. The molecule has 1 fully saturated rings. The molecule has 7 nitrogen and oxygen atoms in total. The molecule has 0 bridgehead atoms. The van der Waals surface area contributed by atoms with Crippen LogP contribution in [0.3, 0.4) is 0 Å². The molecule has 4 rings (SSSR count). The lowest BCUT2D eigenvalue weighted by molar-refractivity contribution is 0.0460. The van der Waals surface area contributed by atoms with E-state index in [1.165, 1.54) is 0 Å². The molecule has 0 atom stereocenters. The average molecular weight is 300 g/mol. The van der Waals surface area contributed by atoms with Gasteiger partial charge in [-0.1, -0.05) is 5.21 Å². The van der Waals surface area contributed by atoms with Crippen LogP contribution in [0, 0.1) is 5.92 Å². The van der Waals surface area contributed by atoms with E-state index in [1.54, 1.807) is 10.9 Å². The fraction of sp³-hybridized carbons (Fsp3) is 0.308. The molecular formula is C13H12N6OS. The highest BCUT2D eigenvalue weighted by molar-refractivity contribution is 7.00. The molecule has 1 saturated heterocycles. The molecule has 0 aliphatic carbocycles. The van der Waals surface area contributed by atoms with Crippen molar-refractivity contribution in [2.75, 3.05) is 13.1 Å². The summed E-state index contributed by atoms with van der Waals surface area (Å²) in [5, 5.41) is 7.72. The third-order valence-electron chi connectivity index (χ3n) is 3.66. The van der Waals surface area contributed by atoms with Crippen molar-refractivity contribution in [2.24, 2.45) is 5.92 Å². The van der Waals surface area contributed by atoms with Gasteiger partial charge in [-0.25, -0.2) is 0 Å². The first kappa shape index (κ1) is 12.4. The summed E-state index contributed by atoms with van der Waals surface area (Å²) in [6, 6.07) is 5.47. The first-order chi connectivity index (χ1) is 10.3. The molecule has 1 aliphatic rings. The highest BCUT2D eigenvalue weighted by atomic mass is 32.1. The molecule has 3 aromatic rings. The number of fused-ring (bicyclic) bond motifs is 1. The van der Waals surface area contributed by atoms with Crippen molar-refractivity contribution in [1.82, 2.24) is 28.6 Å². The van der Waals surface area contributed by atoms with Crippen LogP contribution in [0.1, 0.15) is 10.4 Å². The summed E-state index contributed by atoms with van der Waals surface area (Å²) in [5.74, 6) is 0.500.